The molecule has 1 fully saturated rings. The number of hydrogen-bond donors (Lipinski definition) is 3. The molecule has 3 rings (SSSR count). The van der Waals surface area contributed by atoms with Crippen molar-refractivity contribution >= 4 is 11.6 Å². The molecule has 2 atom stereocenters. The highest BCUT2D eigenvalue weighted by atomic mass is 16.5. The Morgan fingerprint density at radius 3 is 3.05 bits per heavy atom. The lowest BCUT2D eigenvalue weighted by Gasteiger charge is -2.24. The van der Waals surface area contributed by atoms with Crippen LogP contribution in [0.15, 0.2) is 18.2 Å². The summed E-state index contributed by atoms with van der Waals surface area (Å²) in [5.74, 6) is 0.450. The molecule has 5 nitrogen and oxygen atoms in total. The Hall–Kier alpha value is -1.75. The molecule has 1 aliphatic carbocycles. The van der Waals surface area contributed by atoms with E-state index in [-0.39, 0.29) is 11.9 Å². The van der Waals surface area contributed by atoms with E-state index in [0.717, 1.165) is 44.3 Å². The molecule has 5 heteroatoms. The number of rotatable bonds is 2. The molecule has 114 valence electrons. The minimum atomic E-state index is -0.449. The summed E-state index contributed by atoms with van der Waals surface area (Å²) < 4.78 is 5.63. The van der Waals surface area contributed by atoms with Crippen LogP contribution in [0.1, 0.15) is 42.5 Å². The number of nitrogens with one attached hydrogen (secondary N) is 2. The highest BCUT2D eigenvalue weighted by Crippen LogP contribution is 2.31. The second kappa shape index (κ2) is 6.35. The topological polar surface area (TPSA) is 70.6 Å². The van der Waals surface area contributed by atoms with Gasteiger partial charge in [-0.1, -0.05) is 25.3 Å². The molecule has 1 aliphatic heterocycles. The van der Waals surface area contributed by atoms with Crippen LogP contribution in [-0.2, 0) is 0 Å². The van der Waals surface area contributed by atoms with Gasteiger partial charge in [-0.05, 0) is 25.0 Å². The molecular formula is C16H22N2O3. The molecular weight excluding hydrogens is 268 g/mol. The van der Waals surface area contributed by atoms with Gasteiger partial charge in [0.1, 0.15) is 6.61 Å². The summed E-state index contributed by atoms with van der Waals surface area (Å²) in [6, 6.07) is 5.36. The first-order chi connectivity index (χ1) is 10.3. The molecule has 0 radical (unpaired) electrons. The molecule has 1 heterocycles. The Morgan fingerprint density at radius 1 is 1.29 bits per heavy atom. The lowest BCUT2D eigenvalue weighted by molar-refractivity contribution is 0.0815. The van der Waals surface area contributed by atoms with Crippen molar-refractivity contribution in [1.29, 1.82) is 0 Å². The van der Waals surface area contributed by atoms with Crippen LogP contribution < -0.4 is 15.4 Å². The Labute approximate surface area is 124 Å². The molecule has 0 saturated heterocycles. The number of hydrogen-bond acceptors (Lipinski definition) is 4. The number of fused-ring (bicyclic) bond motifs is 1. The minimum absolute atomic E-state index is 0.160. The third-order valence-electron chi connectivity index (χ3n) is 4.22. The fourth-order valence-electron chi connectivity index (χ4n) is 3.05. The molecule has 0 aromatic heterocycles. The van der Waals surface area contributed by atoms with Crippen molar-refractivity contribution in [3.05, 3.63) is 23.8 Å². The highest BCUT2D eigenvalue weighted by molar-refractivity contribution is 5.99. The summed E-state index contributed by atoms with van der Waals surface area (Å²) in [4.78, 5) is 12.5. The van der Waals surface area contributed by atoms with Gasteiger partial charge in [0.2, 0.25) is 0 Å². The van der Waals surface area contributed by atoms with Gasteiger partial charge in [-0.25, -0.2) is 0 Å². The van der Waals surface area contributed by atoms with Crippen molar-refractivity contribution in [3.63, 3.8) is 0 Å². The van der Waals surface area contributed by atoms with Gasteiger partial charge >= 0.3 is 0 Å². The molecule has 0 bridgehead atoms. The number of aliphatic hydroxyl groups excluding tert-OH is 1. The van der Waals surface area contributed by atoms with Crippen LogP contribution in [0.25, 0.3) is 0 Å². The third kappa shape index (κ3) is 3.13. The largest absolute Gasteiger partial charge is 0.489 e. The summed E-state index contributed by atoms with van der Waals surface area (Å²) in [5.41, 5.74) is 1.39. The number of carbonyl (C=O) groups excluding carboxylic acids is 1. The molecule has 2 unspecified atom stereocenters. The maximum atomic E-state index is 12.5. The first kappa shape index (κ1) is 14.2. The van der Waals surface area contributed by atoms with Gasteiger partial charge in [0.15, 0.2) is 5.75 Å². The zero-order valence-corrected chi connectivity index (χ0v) is 12.1. The van der Waals surface area contributed by atoms with Crippen molar-refractivity contribution in [2.75, 3.05) is 18.5 Å². The third-order valence-corrected chi connectivity index (χ3v) is 4.22. The summed E-state index contributed by atoms with van der Waals surface area (Å²) in [6.07, 6.45) is 4.34. The van der Waals surface area contributed by atoms with Gasteiger partial charge < -0.3 is 20.5 Å². The molecule has 1 aromatic carbocycles. The van der Waals surface area contributed by atoms with Gasteiger partial charge in [-0.15, -0.1) is 0 Å². The summed E-state index contributed by atoms with van der Waals surface area (Å²) in [7, 11) is 0. The maximum Gasteiger partial charge on any atom is 0.255 e. The van der Waals surface area contributed by atoms with Crippen LogP contribution in [0.2, 0.25) is 0 Å². The van der Waals surface area contributed by atoms with E-state index in [9.17, 15) is 9.90 Å². The molecule has 1 aromatic rings. The molecule has 2 aliphatic rings. The lowest BCUT2D eigenvalue weighted by Crippen LogP contribution is -2.42. The molecule has 0 spiro atoms. The number of anilines is 1. The monoisotopic (exact) mass is 290 g/mol. The van der Waals surface area contributed by atoms with Gasteiger partial charge in [-0.3, -0.25) is 4.79 Å². The summed E-state index contributed by atoms with van der Waals surface area (Å²) in [5, 5.41) is 16.3. The van der Waals surface area contributed by atoms with Gasteiger partial charge in [0.25, 0.3) is 5.91 Å². The first-order valence-corrected chi connectivity index (χ1v) is 7.74. The maximum absolute atomic E-state index is 12.5. The van der Waals surface area contributed by atoms with E-state index >= 15 is 0 Å². The van der Waals surface area contributed by atoms with Crippen molar-refractivity contribution in [2.45, 2.75) is 44.2 Å². The van der Waals surface area contributed by atoms with E-state index in [1.165, 1.54) is 0 Å². The zero-order valence-electron chi connectivity index (χ0n) is 12.1. The smallest absolute Gasteiger partial charge is 0.255 e. The Morgan fingerprint density at radius 2 is 2.14 bits per heavy atom. The van der Waals surface area contributed by atoms with Crippen LogP contribution in [0.4, 0.5) is 5.69 Å². The van der Waals surface area contributed by atoms with Crippen LogP contribution in [0.5, 0.6) is 5.75 Å². The average Bonchev–Trinajstić information content (AvgIpc) is 2.71. The number of ether oxygens (including phenoxy) is 1. The standard InChI is InChI=1S/C16H22N2O3/c19-14-8-3-1-2-6-12(14)18-16(20)11-5-4-7-13-15(11)21-10-9-17-13/h4-5,7,12,14,17,19H,1-3,6,8-10H2,(H,18,20). The van der Waals surface area contributed by atoms with E-state index in [4.69, 9.17) is 4.74 Å². The Kier molecular flexibility index (Phi) is 4.29. The highest BCUT2D eigenvalue weighted by Gasteiger charge is 2.26. The van der Waals surface area contributed by atoms with Gasteiger partial charge in [-0.2, -0.15) is 0 Å². The zero-order chi connectivity index (χ0) is 14.7. The van der Waals surface area contributed by atoms with Crippen molar-refractivity contribution in [2.24, 2.45) is 0 Å². The normalized spacial score (nSPS) is 25.0. The van der Waals surface area contributed by atoms with E-state index in [1.807, 2.05) is 12.1 Å². The van der Waals surface area contributed by atoms with Crippen molar-refractivity contribution < 1.29 is 14.6 Å². The number of carbonyl (C=O) groups is 1. The summed E-state index contributed by atoms with van der Waals surface area (Å²) in [6.45, 7) is 1.31. The predicted molar refractivity (Wildman–Crippen MR) is 80.8 cm³/mol. The van der Waals surface area contributed by atoms with Gasteiger partial charge in [0.05, 0.1) is 23.4 Å². The van der Waals surface area contributed by atoms with Crippen molar-refractivity contribution in [1.82, 2.24) is 5.32 Å². The molecule has 1 amide bonds. The lowest BCUT2D eigenvalue weighted by atomic mass is 10.0. The second-order valence-electron chi connectivity index (χ2n) is 5.74. The average molecular weight is 290 g/mol. The van der Waals surface area contributed by atoms with E-state index < -0.39 is 6.10 Å². The number of aliphatic hydroxyl groups is 1. The Balaban J connectivity index is 1.76. The van der Waals surface area contributed by atoms with Crippen molar-refractivity contribution in [3.8, 4) is 5.75 Å². The quantitative estimate of drug-likeness (QED) is 0.728. The van der Waals surface area contributed by atoms with E-state index in [1.54, 1.807) is 6.07 Å². The summed E-state index contributed by atoms with van der Waals surface area (Å²) >= 11 is 0. The SMILES string of the molecule is O=C(NC1CCCCCC1O)c1cccc2c1OCCN2. The van der Waals surface area contributed by atoms with Crippen LogP contribution in [-0.4, -0.2) is 36.3 Å². The fourth-order valence-corrected chi connectivity index (χ4v) is 3.05. The molecule has 21 heavy (non-hydrogen) atoms. The second-order valence-corrected chi connectivity index (χ2v) is 5.74. The van der Waals surface area contributed by atoms with E-state index in [2.05, 4.69) is 10.6 Å². The fraction of sp³-hybridized carbons (Fsp3) is 0.562. The molecule has 3 N–H and O–H groups in total. The van der Waals surface area contributed by atoms with Gasteiger partial charge in [0, 0.05) is 6.54 Å². The van der Waals surface area contributed by atoms with Crippen LogP contribution in [0.3, 0.4) is 0 Å². The van der Waals surface area contributed by atoms with Crippen LogP contribution in [0, 0.1) is 0 Å². The molecule has 1 saturated carbocycles. The number of benzene rings is 1. The van der Waals surface area contributed by atoms with Crippen LogP contribution >= 0.6 is 0 Å². The number of para-hydroxylation sites is 1. The Bertz CT molecular complexity index is 518. The van der Waals surface area contributed by atoms with E-state index in [0.29, 0.717) is 17.9 Å². The predicted octanol–water partition coefficient (Wildman–Crippen LogP) is 1.91. The minimum Gasteiger partial charge on any atom is -0.489 e. The number of amides is 1. The first-order valence-electron chi connectivity index (χ1n) is 7.74.